The second kappa shape index (κ2) is 6.23. The number of methoxy groups -OCH3 is 3. The molecule has 0 unspecified atom stereocenters. The van der Waals surface area contributed by atoms with Crippen molar-refractivity contribution in [3.63, 3.8) is 0 Å². The lowest BCUT2D eigenvalue weighted by Crippen LogP contribution is -2.81. The summed E-state index contributed by atoms with van der Waals surface area (Å²) in [6, 6.07) is -0.258. The molecule has 7 heteroatoms. The van der Waals surface area contributed by atoms with Gasteiger partial charge in [-0.1, -0.05) is 13.8 Å². The van der Waals surface area contributed by atoms with Gasteiger partial charge in [0.25, 0.3) is 0 Å². The minimum atomic E-state index is -1.49. The van der Waals surface area contributed by atoms with Crippen LogP contribution in [-0.2, 0) is 14.2 Å². The fourth-order valence-electron chi connectivity index (χ4n) is 10.7. The average molecular weight is 438 g/mol. The van der Waals surface area contributed by atoms with Crippen molar-refractivity contribution in [1.29, 1.82) is 0 Å². The van der Waals surface area contributed by atoms with E-state index in [1.165, 1.54) is 0 Å². The van der Waals surface area contributed by atoms with Crippen LogP contribution in [-0.4, -0.2) is 96.3 Å². The number of fused-ring (bicyclic) bond motifs is 2. The van der Waals surface area contributed by atoms with Gasteiger partial charge < -0.3 is 29.5 Å². The van der Waals surface area contributed by atoms with Crippen molar-refractivity contribution in [1.82, 2.24) is 4.90 Å². The minimum absolute atomic E-state index is 0.0138. The largest absolute Gasteiger partial charge is 0.392 e. The molecule has 1 saturated heterocycles. The van der Waals surface area contributed by atoms with Crippen molar-refractivity contribution in [3.05, 3.63) is 0 Å². The highest BCUT2D eigenvalue weighted by Crippen LogP contribution is 2.80. The summed E-state index contributed by atoms with van der Waals surface area (Å²) in [5.41, 5.74) is -3.35. The Labute approximate surface area is 185 Å². The molecule has 0 amide bonds. The van der Waals surface area contributed by atoms with Crippen LogP contribution in [0.1, 0.15) is 39.5 Å². The van der Waals surface area contributed by atoms with Gasteiger partial charge in [0, 0.05) is 57.5 Å². The third-order valence-corrected chi connectivity index (χ3v) is 11.3. The molecular formula is C24H39NO6. The zero-order chi connectivity index (χ0) is 22.1. The molecule has 6 aliphatic rings. The van der Waals surface area contributed by atoms with Gasteiger partial charge in [-0.25, -0.2) is 0 Å². The summed E-state index contributed by atoms with van der Waals surface area (Å²) < 4.78 is 18.2. The van der Waals surface area contributed by atoms with Crippen LogP contribution in [0.25, 0.3) is 0 Å². The molecular weight excluding hydrogens is 398 g/mol. The maximum absolute atomic E-state index is 12.8. The Morgan fingerprint density at radius 2 is 1.84 bits per heavy atom. The summed E-state index contributed by atoms with van der Waals surface area (Å²) in [5, 5.41) is 36.8. The summed E-state index contributed by atoms with van der Waals surface area (Å²) in [6.45, 7) is 6.20. The Balaban J connectivity index is 1.68. The first kappa shape index (κ1) is 21.3. The van der Waals surface area contributed by atoms with Crippen LogP contribution in [0.5, 0.6) is 0 Å². The normalized spacial score (nSPS) is 64.1. The van der Waals surface area contributed by atoms with Gasteiger partial charge in [0.15, 0.2) is 0 Å². The van der Waals surface area contributed by atoms with Crippen LogP contribution in [0.2, 0.25) is 0 Å². The number of likely N-dealkylation sites (N-methyl/N-ethyl adjacent to an activating group) is 1. The van der Waals surface area contributed by atoms with E-state index in [4.69, 9.17) is 14.2 Å². The molecule has 1 aliphatic heterocycles. The molecule has 7 bridgehead atoms. The summed E-state index contributed by atoms with van der Waals surface area (Å²) in [6.07, 6.45) is 1.61. The fourth-order valence-corrected chi connectivity index (χ4v) is 10.7. The monoisotopic (exact) mass is 437 g/mol. The van der Waals surface area contributed by atoms with Crippen LogP contribution in [0, 0.1) is 34.5 Å². The minimum Gasteiger partial charge on any atom is -0.392 e. The first-order valence-electron chi connectivity index (χ1n) is 12.2. The molecule has 13 atom stereocenters. The summed E-state index contributed by atoms with van der Waals surface area (Å²) in [5.74, 6) is -0.259. The van der Waals surface area contributed by atoms with Crippen LogP contribution in [0.15, 0.2) is 0 Å². The highest BCUT2D eigenvalue weighted by atomic mass is 16.5. The van der Waals surface area contributed by atoms with E-state index in [2.05, 4.69) is 18.7 Å². The quantitative estimate of drug-likeness (QED) is 0.595. The van der Waals surface area contributed by atoms with Gasteiger partial charge in [0.05, 0.1) is 30.5 Å². The zero-order valence-corrected chi connectivity index (χ0v) is 19.5. The summed E-state index contributed by atoms with van der Waals surface area (Å²) >= 11 is 0. The van der Waals surface area contributed by atoms with E-state index in [9.17, 15) is 15.3 Å². The Morgan fingerprint density at radius 3 is 2.45 bits per heavy atom. The van der Waals surface area contributed by atoms with E-state index >= 15 is 0 Å². The molecule has 6 fully saturated rings. The molecule has 7 nitrogen and oxygen atoms in total. The third-order valence-electron chi connectivity index (χ3n) is 11.3. The van der Waals surface area contributed by atoms with Gasteiger partial charge in [-0.15, -0.1) is 0 Å². The molecule has 1 heterocycles. The number of aliphatic hydroxyl groups is 3. The van der Waals surface area contributed by atoms with Crippen LogP contribution in [0.4, 0.5) is 0 Å². The predicted octanol–water partition coefficient (Wildman–Crippen LogP) is 0.645. The van der Waals surface area contributed by atoms with Crippen molar-refractivity contribution in [2.24, 2.45) is 34.5 Å². The molecule has 5 saturated carbocycles. The highest BCUT2D eigenvalue weighted by Gasteiger charge is 2.91. The maximum Gasteiger partial charge on any atom is 0.136 e. The predicted molar refractivity (Wildman–Crippen MR) is 112 cm³/mol. The number of likely N-dealkylation sites (tertiary alicyclic amines) is 1. The Kier molecular flexibility index (Phi) is 4.28. The molecule has 1 spiro atoms. The smallest absolute Gasteiger partial charge is 0.136 e. The van der Waals surface area contributed by atoms with Crippen molar-refractivity contribution in [2.75, 3.05) is 34.4 Å². The Morgan fingerprint density at radius 1 is 1.10 bits per heavy atom. The first-order valence-corrected chi connectivity index (χ1v) is 12.2. The van der Waals surface area contributed by atoms with Gasteiger partial charge in [-0.3, -0.25) is 4.90 Å². The van der Waals surface area contributed by atoms with E-state index in [-0.39, 0.29) is 52.8 Å². The zero-order valence-electron chi connectivity index (χ0n) is 19.5. The molecule has 0 radical (unpaired) electrons. The molecule has 31 heavy (non-hydrogen) atoms. The molecule has 0 aromatic heterocycles. The standard InChI is InChI=1S/C24H39NO6/c1-6-25-11-21(2)8-7-15(30-4)23-13-9-12-14(29-3)10-22(27,16(13)17(12)26)24(28,20(23)25)19(31-5)18(21)23/h12-20,26-28H,6-11H2,1-5H3/t12-,13-,14+,15+,16-,17+,18-,19+,20+,21+,22-,23+,24-/m1/s1. The van der Waals surface area contributed by atoms with Crippen molar-refractivity contribution >= 4 is 0 Å². The van der Waals surface area contributed by atoms with Crippen molar-refractivity contribution in [2.45, 2.75) is 81.2 Å². The topological polar surface area (TPSA) is 91.6 Å². The fraction of sp³-hybridized carbons (Fsp3) is 1.00. The number of aliphatic hydroxyl groups excluding tert-OH is 1. The van der Waals surface area contributed by atoms with Crippen molar-refractivity contribution in [3.8, 4) is 0 Å². The molecule has 0 aromatic carbocycles. The van der Waals surface area contributed by atoms with Crippen LogP contribution < -0.4 is 0 Å². The van der Waals surface area contributed by atoms with Crippen molar-refractivity contribution < 1.29 is 29.5 Å². The summed E-state index contributed by atoms with van der Waals surface area (Å²) in [7, 11) is 5.13. The first-order chi connectivity index (χ1) is 14.7. The Bertz CT molecular complexity index is 781. The summed E-state index contributed by atoms with van der Waals surface area (Å²) in [4.78, 5) is 2.41. The van der Waals surface area contributed by atoms with Gasteiger partial charge >= 0.3 is 0 Å². The SMILES string of the molecule is CCN1C[C@]2(C)CC[C@H](OC)[C@@]34[C@@H]5C[C@H]6[C@H](O)[C@@H]5[C@](O)(C[C@@H]6OC)[C@@](O)([C@@H](OC)[C@H]23)[C@@H]14. The lowest BCUT2D eigenvalue weighted by Gasteiger charge is -2.69. The van der Waals surface area contributed by atoms with E-state index in [0.717, 1.165) is 32.4 Å². The lowest BCUT2D eigenvalue weighted by molar-refractivity contribution is -0.317. The number of piperidine rings is 1. The molecule has 5 aliphatic carbocycles. The molecule has 0 aromatic rings. The number of nitrogens with zero attached hydrogens (tertiary/aromatic N) is 1. The third kappa shape index (κ3) is 1.93. The van der Waals surface area contributed by atoms with Crippen LogP contribution >= 0.6 is 0 Å². The van der Waals surface area contributed by atoms with Gasteiger partial charge in [0.2, 0.25) is 0 Å². The molecule has 6 rings (SSSR count). The number of rotatable bonds is 4. The van der Waals surface area contributed by atoms with E-state index < -0.39 is 23.4 Å². The Hall–Kier alpha value is -0.280. The van der Waals surface area contributed by atoms with E-state index in [1.54, 1.807) is 21.3 Å². The van der Waals surface area contributed by atoms with Crippen LogP contribution in [0.3, 0.4) is 0 Å². The molecule has 176 valence electrons. The lowest BCUT2D eigenvalue weighted by atomic mass is 9.43. The second-order valence-corrected chi connectivity index (χ2v) is 11.8. The highest BCUT2D eigenvalue weighted by molar-refractivity contribution is 5.41. The number of ether oxygens (including phenoxy) is 3. The van der Waals surface area contributed by atoms with E-state index in [1.807, 2.05) is 0 Å². The number of hydrogen-bond acceptors (Lipinski definition) is 7. The van der Waals surface area contributed by atoms with Gasteiger partial charge in [-0.2, -0.15) is 0 Å². The molecule has 3 N–H and O–H groups in total. The number of hydrogen-bond donors (Lipinski definition) is 3. The maximum atomic E-state index is 12.8. The van der Waals surface area contributed by atoms with Gasteiger partial charge in [-0.05, 0) is 37.1 Å². The van der Waals surface area contributed by atoms with Gasteiger partial charge in [0.1, 0.15) is 11.2 Å². The average Bonchev–Trinajstić information content (AvgIpc) is 3.11. The second-order valence-electron chi connectivity index (χ2n) is 11.8. The van der Waals surface area contributed by atoms with E-state index in [0.29, 0.717) is 6.42 Å².